The minimum atomic E-state index is -3.60. The standard InChI is InChI=1S/C15H12N2O4S/c18-17(19)11-5-7-12(8-6-11)22(20,21)16-14-9-10-3-1-2-4-13(10)15(14)16/h1-8,14-15H,9H2. The summed E-state index contributed by atoms with van der Waals surface area (Å²) in [5, 5.41) is 10.7. The molecule has 2 aliphatic rings. The SMILES string of the molecule is O=[N+]([O-])c1ccc(S(=O)(=O)N2C3Cc4ccccc4C32)cc1. The molecule has 0 radical (unpaired) electrons. The van der Waals surface area contributed by atoms with Crippen LogP contribution in [0.5, 0.6) is 0 Å². The summed E-state index contributed by atoms with van der Waals surface area (Å²) in [4.78, 5) is 10.2. The maximum Gasteiger partial charge on any atom is 0.269 e. The molecule has 0 amide bonds. The lowest BCUT2D eigenvalue weighted by molar-refractivity contribution is -0.384. The van der Waals surface area contributed by atoms with Crippen LogP contribution in [-0.2, 0) is 16.4 Å². The number of non-ortho nitro benzene ring substituents is 1. The smallest absolute Gasteiger partial charge is 0.258 e. The Balaban J connectivity index is 1.66. The Labute approximate surface area is 127 Å². The first kappa shape index (κ1) is 13.4. The van der Waals surface area contributed by atoms with E-state index in [0.29, 0.717) is 0 Å². The van der Waals surface area contributed by atoms with E-state index in [0.717, 1.165) is 12.0 Å². The van der Waals surface area contributed by atoms with Gasteiger partial charge in [0.25, 0.3) is 5.69 Å². The topological polar surface area (TPSA) is 80.3 Å². The van der Waals surface area contributed by atoms with Crippen molar-refractivity contribution in [1.82, 2.24) is 4.31 Å². The van der Waals surface area contributed by atoms with Gasteiger partial charge in [0.2, 0.25) is 10.0 Å². The quantitative estimate of drug-likeness (QED) is 0.494. The zero-order valence-corrected chi connectivity index (χ0v) is 12.2. The van der Waals surface area contributed by atoms with Crippen LogP contribution in [0, 0.1) is 10.1 Å². The second kappa shape index (κ2) is 4.37. The Morgan fingerprint density at radius 2 is 1.77 bits per heavy atom. The summed E-state index contributed by atoms with van der Waals surface area (Å²) < 4.78 is 26.8. The minimum Gasteiger partial charge on any atom is -0.258 e. The first-order valence-electron chi connectivity index (χ1n) is 6.86. The monoisotopic (exact) mass is 316 g/mol. The third kappa shape index (κ3) is 1.79. The summed E-state index contributed by atoms with van der Waals surface area (Å²) in [5.41, 5.74) is 2.15. The molecule has 1 aliphatic heterocycles. The van der Waals surface area contributed by atoms with Gasteiger partial charge in [-0.3, -0.25) is 10.1 Å². The summed E-state index contributed by atoms with van der Waals surface area (Å²) in [7, 11) is -3.60. The van der Waals surface area contributed by atoms with Crippen molar-refractivity contribution in [3.8, 4) is 0 Å². The predicted molar refractivity (Wildman–Crippen MR) is 78.8 cm³/mol. The number of nitro benzene ring substituents is 1. The fraction of sp³-hybridized carbons (Fsp3) is 0.200. The van der Waals surface area contributed by atoms with Gasteiger partial charge in [0.05, 0.1) is 21.9 Å². The van der Waals surface area contributed by atoms with Gasteiger partial charge in [0, 0.05) is 12.1 Å². The molecule has 0 N–H and O–H groups in total. The molecule has 0 aromatic heterocycles. The molecule has 2 aromatic rings. The van der Waals surface area contributed by atoms with E-state index in [1.165, 1.54) is 34.1 Å². The lowest BCUT2D eigenvalue weighted by Crippen LogP contribution is -2.17. The molecule has 3 atom stereocenters. The van der Waals surface area contributed by atoms with Crippen LogP contribution >= 0.6 is 0 Å². The second-order valence-corrected chi connectivity index (χ2v) is 7.34. The molecule has 7 heteroatoms. The highest BCUT2D eigenvalue weighted by atomic mass is 32.2. The molecule has 0 bridgehead atoms. The average molecular weight is 316 g/mol. The first-order valence-corrected chi connectivity index (χ1v) is 8.30. The number of sulfonamides is 1. The molecule has 1 aliphatic carbocycles. The Morgan fingerprint density at radius 1 is 1.09 bits per heavy atom. The van der Waals surface area contributed by atoms with E-state index in [4.69, 9.17) is 0 Å². The van der Waals surface area contributed by atoms with Gasteiger partial charge in [-0.15, -0.1) is 0 Å². The normalized spacial score (nSPS) is 25.4. The summed E-state index contributed by atoms with van der Waals surface area (Å²) >= 11 is 0. The van der Waals surface area contributed by atoms with Gasteiger partial charge in [0.15, 0.2) is 0 Å². The lowest BCUT2D eigenvalue weighted by Gasteiger charge is -2.11. The van der Waals surface area contributed by atoms with Crippen LogP contribution in [0.15, 0.2) is 53.4 Å². The summed E-state index contributed by atoms with van der Waals surface area (Å²) in [5.74, 6) is 0. The van der Waals surface area contributed by atoms with Crippen molar-refractivity contribution in [1.29, 1.82) is 0 Å². The van der Waals surface area contributed by atoms with Gasteiger partial charge in [0.1, 0.15) is 0 Å². The van der Waals surface area contributed by atoms with Gasteiger partial charge >= 0.3 is 0 Å². The molecule has 1 fully saturated rings. The fourth-order valence-electron chi connectivity index (χ4n) is 3.23. The Hall–Kier alpha value is -2.25. The van der Waals surface area contributed by atoms with Gasteiger partial charge in [-0.25, -0.2) is 8.42 Å². The number of fused-ring (bicyclic) bond motifs is 3. The Bertz CT molecular complexity index is 877. The molecule has 6 nitrogen and oxygen atoms in total. The lowest BCUT2D eigenvalue weighted by atomic mass is 10.1. The van der Waals surface area contributed by atoms with Gasteiger partial charge in [-0.1, -0.05) is 24.3 Å². The van der Waals surface area contributed by atoms with Crippen molar-refractivity contribution in [3.05, 3.63) is 69.8 Å². The summed E-state index contributed by atoms with van der Waals surface area (Å²) in [6.07, 6.45) is 0.729. The highest BCUT2D eigenvalue weighted by Gasteiger charge is 2.59. The highest BCUT2D eigenvalue weighted by Crippen LogP contribution is 2.54. The Morgan fingerprint density at radius 3 is 2.45 bits per heavy atom. The molecule has 4 rings (SSSR count). The van der Waals surface area contributed by atoms with Crippen molar-refractivity contribution in [2.24, 2.45) is 0 Å². The number of nitrogens with zero attached hydrogens (tertiary/aromatic N) is 2. The molecular formula is C15H12N2O4S. The van der Waals surface area contributed by atoms with Crippen LogP contribution in [-0.4, -0.2) is 23.7 Å². The summed E-state index contributed by atoms with van der Waals surface area (Å²) in [6, 6.07) is 12.8. The number of benzene rings is 2. The van der Waals surface area contributed by atoms with Gasteiger partial charge in [-0.2, -0.15) is 4.31 Å². The van der Waals surface area contributed by atoms with Gasteiger partial charge < -0.3 is 0 Å². The van der Waals surface area contributed by atoms with Crippen LogP contribution in [0.25, 0.3) is 0 Å². The van der Waals surface area contributed by atoms with Crippen LogP contribution < -0.4 is 0 Å². The zero-order chi connectivity index (χ0) is 15.5. The maximum atomic E-state index is 12.7. The third-order valence-electron chi connectivity index (χ3n) is 4.30. The highest BCUT2D eigenvalue weighted by molar-refractivity contribution is 7.89. The minimum absolute atomic E-state index is 0.0161. The number of nitro groups is 1. The van der Waals surface area contributed by atoms with Crippen LogP contribution in [0.3, 0.4) is 0 Å². The number of hydrogen-bond donors (Lipinski definition) is 0. The van der Waals surface area contributed by atoms with E-state index in [9.17, 15) is 18.5 Å². The maximum absolute atomic E-state index is 12.7. The fourth-order valence-corrected chi connectivity index (χ4v) is 4.99. The molecule has 112 valence electrons. The Kier molecular flexibility index (Phi) is 2.67. The molecule has 3 unspecified atom stereocenters. The van der Waals surface area contributed by atoms with Crippen molar-refractivity contribution in [2.45, 2.75) is 23.4 Å². The van der Waals surface area contributed by atoms with Crippen molar-refractivity contribution in [2.75, 3.05) is 0 Å². The zero-order valence-electron chi connectivity index (χ0n) is 11.4. The van der Waals surface area contributed by atoms with Crippen LogP contribution in [0.1, 0.15) is 17.2 Å². The van der Waals surface area contributed by atoms with E-state index < -0.39 is 14.9 Å². The summed E-state index contributed by atoms with van der Waals surface area (Å²) in [6.45, 7) is 0. The van der Waals surface area contributed by atoms with Crippen molar-refractivity contribution < 1.29 is 13.3 Å². The molecule has 0 saturated carbocycles. The molecule has 2 aromatic carbocycles. The van der Waals surface area contributed by atoms with Crippen LogP contribution in [0.2, 0.25) is 0 Å². The van der Waals surface area contributed by atoms with Crippen molar-refractivity contribution in [3.63, 3.8) is 0 Å². The predicted octanol–water partition coefficient (Wildman–Crippen LogP) is 2.27. The van der Waals surface area contributed by atoms with E-state index >= 15 is 0 Å². The number of hydrogen-bond acceptors (Lipinski definition) is 4. The molecule has 1 saturated heterocycles. The average Bonchev–Trinajstić information content (AvgIpc) is 3.12. The largest absolute Gasteiger partial charge is 0.269 e. The molecule has 0 spiro atoms. The second-order valence-electron chi connectivity index (χ2n) is 5.50. The first-order chi connectivity index (χ1) is 10.5. The van der Waals surface area contributed by atoms with Gasteiger partial charge in [-0.05, 0) is 29.7 Å². The molecular weight excluding hydrogens is 304 g/mol. The third-order valence-corrected chi connectivity index (χ3v) is 6.22. The molecule has 1 heterocycles. The molecule has 22 heavy (non-hydrogen) atoms. The van der Waals surface area contributed by atoms with Crippen molar-refractivity contribution >= 4 is 15.7 Å². The number of rotatable bonds is 3. The van der Waals surface area contributed by atoms with E-state index in [1.807, 2.05) is 24.3 Å². The van der Waals surface area contributed by atoms with E-state index in [2.05, 4.69) is 0 Å². The van der Waals surface area contributed by atoms with E-state index in [-0.39, 0.29) is 22.7 Å². The van der Waals surface area contributed by atoms with Crippen LogP contribution in [0.4, 0.5) is 5.69 Å². The van der Waals surface area contributed by atoms with E-state index in [1.54, 1.807) is 0 Å².